The first kappa shape index (κ1) is 5.44. The van der Waals surface area contributed by atoms with E-state index in [1.54, 1.807) is 0 Å². The van der Waals surface area contributed by atoms with Crippen LogP contribution < -0.4 is 5.53 Å². The van der Waals surface area contributed by atoms with E-state index in [4.69, 9.17) is 0 Å². The number of hydrogen-bond acceptors (Lipinski definition) is 3. The van der Waals surface area contributed by atoms with Gasteiger partial charge in [-0.3, -0.25) is 10.0 Å². The minimum Gasteiger partial charge on any atom is -0.299 e. The Hall–Kier alpha value is -0.700. The fraction of sp³-hybridized carbons (Fsp3) is 0.600. The Morgan fingerprint density at radius 3 is 2.25 bits per heavy atom. The molecule has 0 aromatic rings. The van der Waals surface area contributed by atoms with Crippen LogP contribution >= 0.6 is 0 Å². The summed E-state index contributed by atoms with van der Waals surface area (Å²) in [4.78, 5) is 0. The van der Waals surface area contributed by atoms with Gasteiger partial charge in [-0.15, -0.1) is 5.53 Å². The molecule has 0 unspecified atom stereocenters. The zero-order valence-corrected chi connectivity index (χ0v) is 5.47. The zero-order chi connectivity index (χ0) is 6.15. The van der Waals surface area contributed by atoms with Crippen LogP contribution in [-0.2, 0) is 0 Å². The van der Waals surface area contributed by atoms with E-state index >= 15 is 0 Å². The summed E-state index contributed by atoms with van der Waals surface area (Å²) in [5, 5.41) is 3.87. The SMILES string of the molecule is CC1=CN(C)NN1C. The van der Waals surface area contributed by atoms with Gasteiger partial charge in [-0.2, -0.15) is 0 Å². The molecular formula is C5H11N3. The zero-order valence-electron chi connectivity index (χ0n) is 5.47. The van der Waals surface area contributed by atoms with Gasteiger partial charge in [0.25, 0.3) is 0 Å². The minimum atomic E-state index is 1.23. The Balaban J connectivity index is 2.59. The van der Waals surface area contributed by atoms with E-state index < -0.39 is 0 Å². The van der Waals surface area contributed by atoms with Crippen molar-refractivity contribution in [3.05, 3.63) is 11.9 Å². The Bertz CT molecular complexity index is 119. The Morgan fingerprint density at radius 2 is 2.12 bits per heavy atom. The first-order valence-electron chi connectivity index (χ1n) is 2.61. The fourth-order valence-corrected chi connectivity index (χ4v) is 0.711. The molecule has 1 aliphatic rings. The number of nitrogens with one attached hydrogen (secondary N) is 1. The second kappa shape index (κ2) is 1.67. The highest BCUT2D eigenvalue weighted by molar-refractivity contribution is 4.96. The van der Waals surface area contributed by atoms with E-state index in [0.717, 1.165) is 0 Å². The van der Waals surface area contributed by atoms with Crippen LogP contribution in [-0.4, -0.2) is 24.1 Å². The summed E-state index contributed by atoms with van der Waals surface area (Å²) in [6, 6.07) is 0. The number of rotatable bonds is 0. The normalized spacial score (nSPS) is 19.6. The van der Waals surface area contributed by atoms with Crippen molar-refractivity contribution in [2.45, 2.75) is 6.92 Å². The number of hydrogen-bond donors (Lipinski definition) is 1. The molecule has 0 radical (unpaired) electrons. The van der Waals surface area contributed by atoms with Crippen LogP contribution in [0.25, 0.3) is 0 Å². The number of allylic oxidation sites excluding steroid dienone is 1. The van der Waals surface area contributed by atoms with Gasteiger partial charge < -0.3 is 0 Å². The standard InChI is InChI=1S/C5H11N3/c1-5-4-7(2)6-8(5)3/h4,6H,1-3H3. The van der Waals surface area contributed by atoms with Crippen LogP contribution in [0.1, 0.15) is 6.92 Å². The first-order valence-corrected chi connectivity index (χ1v) is 2.61. The second-order valence-electron chi connectivity index (χ2n) is 2.04. The quantitative estimate of drug-likeness (QED) is 0.482. The monoisotopic (exact) mass is 113 g/mol. The number of nitrogens with zero attached hydrogens (tertiary/aromatic N) is 2. The van der Waals surface area contributed by atoms with Crippen LogP contribution in [0, 0.1) is 0 Å². The maximum absolute atomic E-state index is 3.04. The molecule has 0 fully saturated rings. The van der Waals surface area contributed by atoms with Gasteiger partial charge >= 0.3 is 0 Å². The van der Waals surface area contributed by atoms with E-state index in [0.29, 0.717) is 0 Å². The van der Waals surface area contributed by atoms with E-state index in [1.807, 2.05) is 30.3 Å². The highest BCUT2D eigenvalue weighted by Crippen LogP contribution is 2.03. The van der Waals surface area contributed by atoms with Crippen LogP contribution in [0.2, 0.25) is 0 Å². The lowest BCUT2D eigenvalue weighted by Gasteiger charge is -2.15. The van der Waals surface area contributed by atoms with Crippen molar-refractivity contribution in [2.75, 3.05) is 14.1 Å². The molecule has 0 saturated heterocycles. The van der Waals surface area contributed by atoms with Gasteiger partial charge in [-0.25, -0.2) is 0 Å². The molecule has 0 amide bonds. The molecule has 0 spiro atoms. The van der Waals surface area contributed by atoms with Crippen molar-refractivity contribution in [3.8, 4) is 0 Å². The van der Waals surface area contributed by atoms with Crippen molar-refractivity contribution in [2.24, 2.45) is 0 Å². The molecule has 1 rings (SSSR count). The topological polar surface area (TPSA) is 18.5 Å². The van der Waals surface area contributed by atoms with Gasteiger partial charge in [0.15, 0.2) is 0 Å². The molecule has 0 aromatic heterocycles. The average molecular weight is 113 g/mol. The highest BCUT2D eigenvalue weighted by Gasteiger charge is 2.06. The van der Waals surface area contributed by atoms with Crippen LogP contribution in [0.4, 0.5) is 0 Å². The lowest BCUT2D eigenvalue weighted by molar-refractivity contribution is 0.183. The molecule has 1 aliphatic heterocycles. The molecular weight excluding hydrogens is 102 g/mol. The van der Waals surface area contributed by atoms with Crippen molar-refractivity contribution >= 4 is 0 Å². The molecule has 0 saturated carbocycles. The lowest BCUT2D eigenvalue weighted by Crippen LogP contribution is -2.34. The molecule has 0 aliphatic carbocycles. The summed E-state index contributed by atoms with van der Waals surface area (Å²) in [6.07, 6.45) is 2.03. The van der Waals surface area contributed by atoms with E-state index in [9.17, 15) is 0 Å². The Kier molecular flexibility index (Phi) is 1.13. The molecule has 1 heterocycles. The summed E-state index contributed by atoms with van der Waals surface area (Å²) in [6.45, 7) is 2.05. The van der Waals surface area contributed by atoms with E-state index in [1.165, 1.54) is 5.70 Å². The van der Waals surface area contributed by atoms with Gasteiger partial charge in [0.1, 0.15) is 0 Å². The summed E-state index contributed by atoms with van der Waals surface area (Å²) in [5.41, 5.74) is 4.27. The van der Waals surface area contributed by atoms with Crippen LogP contribution in [0.5, 0.6) is 0 Å². The third-order valence-corrected chi connectivity index (χ3v) is 1.22. The molecule has 0 atom stereocenters. The summed E-state index contributed by atoms with van der Waals surface area (Å²) >= 11 is 0. The minimum absolute atomic E-state index is 1.23. The second-order valence-corrected chi connectivity index (χ2v) is 2.04. The van der Waals surface area contributed by atoms with Crippen LogP contribution in [0.15, 0.2) is 11.9 Å². The van der Waals surface area contributed by atoms with E-state index in [-0.39, 0.29) is 0 Å². The van der Waals surface area contributed by atoms with Gasteiger partial charge in [-0.1, -0.05) is 0 Å². The molecule has 1 N–H and O–H groups in total. The predicted molar refractivity (Wildman–Crippen MR) is 32.4 cm³/mol. The van der Waals surface area contributed by atoms with E-state index in [2.05, 4.69) is 12.5 Å². The van der Waals surface area contributed by atoms with Crippen molar-refractivity contribution in [3.63, 3.8) is 0 Å². The first-order chi connectivity index (χ1) is 3.70. The van der Waals surface area contributed by atoms with Crippen LogP contribution in [0.3, 0.4) is 0 Å². The highest BCUT2D eigenvalue weighted by atomic mass is 15.8. The van der Waals surface area contributed by atoms with Crippen molar-refractivity contribution < 1.29 is 0 Å². The van der Waals surface area contributed by atoms with Gasteiger partial charge in [-0.05, 0) is 6.92 Å². The molecule has 3 heteroatoms. The van der Waals surface area contributed by atoms with Crippen molar-refractivity contribution in [1.29, 1.82) is 0 Å². The largest absolute Gasteiger partial charge is 0.299 e. The van der Waals surface area contributed by atoms with Gasteiger partial charge in [0.05, 0.1) is 0 Å². The maximum atomic E-state index is 3.04. The smallest absolute Gasteiger partial charge is 0.0451 e. The third-order valence-electron chi connectivity index (χ3n) is 1.22. The third kappa shape index (κ3) is 0.767. The van der Waals surface area contributed by atoms with Gasteiger partial charge in [0, 0.05) is 26.0 Å². The number of hydrazine groups is 2. The summed E-state index contributed by atoms with van der Waals surface area (Å²) in [7, 11) is 3.95. The molecule has 3 nitrogen and oxygen atoms in total. The summed E-state index contributed by atoms with van der Waals surface area (Å²) in [5.74, 6) is 0. The van der Waals surface area contributed by atoms with Crippen molar-refractivity contribution in [1.82, 2.24) is 15.6 Å². The maximum Gasteiger partial charge on any atom is 0.0451 e. The molecule has 0 bridgehead atoms. The van der Waals surface area contributed by atoms with Gasteiger partial charge in [0.2, 0.25) is 0 Å². The molecule has 8 heavy (non-hydrogen) atoms. The molecule has 46 valence electrons. The summed E-state index contributed by atoms with van der Waals surface area (Å²) < 4.78 is 0. The Labute approximate surface area is 49.5 Å². The fourth-order valence-electron chi connectivity index (χ4n) is 0.711. The Morgan fingerprint density at radius 1 is 1.50 bits per heavy atom. The molecule has 0 aromatic carbocycles. The predicted octanol–water partition coefficient (Wildman–Crippen LogP) is 0.144. The lowest BCUT2D eigenvalue weighted by atomic mass is 10.5. The average Bonchev–Trinajstić information content (AvgIpc) is 1.85.